The van der Waals surface area contributed by atoms with E-state index in [2.05, 4.69) is 22.4 Å². The summed E-state index contributed by atoms with van der Waals surface area (Å²) in [7, 11) is 0. The maximum atomic E-state index is 13.0. The first-order chi connectivity index (χ1) is 16.2. The quantitative estimate of drug-likeness (QED) is 0.503. The Morgan fingerprint density at radius 2 is 1.88 bits per heavy atom. The summed E-state index contributed by atoms with van der Waals surface area (Å²) in [5.74, 6) is 0.469. The maximum absolute atomic E-state index is 13.0. The molecule has 1 aromatic heterocycles. The summed E-state index contributed by atoms with van der Waals surface area (Å²) in [6.07, 6.45) is 7.69. The largest absolute Gasteiger partial charge is 0.312 e. The molecule has 2 amide bonds. The van der Waals surface area contributed by atoms with Gasteiger partial charge in [-0.1, -0.05) is 55.7 Å². The summed E-state index contributed by atoms with van der Waals surface area (Å²) in [6, 6.07) is 16.3. The Morgan fingerprint density at radius 1 is 1.06 bits per heavy atom. The normalized spacial score (nSPS) is 15.9. The molecule has 1 aliphatic heterocycles. The van der Waals surface area contributed by atoms with Crippen LogP contribution in [-0.4, -0.2) is 23.3 Å². The van der Waals surface area contributed by atoms with Gasteiger partial charge >= 0.3 is 0 Å². The second kappa shape index (κ2) is 9.87. The van der Waals surface area contributed by atoms with Crippen molar-refractivity contribution >= 4 is 34.0 Å². The van der Waals surface area contributed by atoms with Crippen molar-refractivity contribution in [3.63, 3.8) is 0 Å². The molecule has 5 rings (SSSR count). The smallest absolute Gasteiger partial charge is 0.230 e. The van der Waals surface area contributed by atoms with Crippen LogP contribution in [0.5, 0.6) is 0 Å². The molecular formula is C27H29N3O2S. The van der Waals surface area contributed by atoms with E-state index in [0.717, 1.165) is 48.3 Å². The van der Waals surface area contributed by atoms with Crippen LogP contribution in [0.25, 0.3) is 11.3 Å². The molecule has 5 nitrogen and oxygen atoms in total. The van der Waals surface area contributed by atoms with Crippen LogP contribution in [0.3, 0.4) is 0 Å². The molecule has 0 atom stereocenters. The van der Waals surface area contributed by atoms with Crippen LogP contribution in [0.1, 0.15) is 49.7 Å². The van der Waals surface area contributed by atoms with Crippen molar-refractivity contribution in [2.24, 2.45) is 5.92 Å². The van der Waals surface area contributed by atoms with Gasteiger partial charge in [0.15, 0.2) is 5.13 Å². The molecule has 0 unspecified atom stereocenters. The third-order valence-corrected chi connectivity index (χ3v) is 7.48. The lowest BCUT2D eigenvalue weighted by Crippen LogP contribution is -2.35. The van der Waals surface area contributed by atoms with Gasteiger partial charge in [-0.05, 0) is 48.9 Å². The van der Waals surface area contributed by atoms with Gasteiger partial charge in [0.25, 0.3) is 0 Å². The fourth-order valence-electron chi connectivity index (χ4n) is 4.91. The van der Waals surface area contributed by atoms with Crippen molar-refractivity contribution in [1.29, 1.82) is 0 Å². The van der Waals surface area contributed by atoms with Gasteiger partial charge in [0.05, 0.1) is 5.69 Å². The average Bonchev–Trinajstić information content (AvgIpc) is 3.50. The van der Waals surface area contributed by atoms with Gasteiger partial charge in [0.2, 0.25) is 11.8 Å². The average molecular weight is 460 g/mol. The first-order valence-corrected chi connectivity index (χ1v) is 12.8. The van der Waals surface area contributed by atoms with Crippen LogP contribution in [0.2, 0.25) is 0 Å². The molecule has 3 aromatic rings. The Balaban J connectivity index is 1.22. The zero-order valence-corrected chi connectivity index (χ0v) is 19.6. The van der Waals surface area contributed by atoms with E-state index >= 15 is 0 Å². The highest BCUT2D eigenvalue weighted by Gasteiger charge is 2.31. The van der Waals surface area contributed by atoms with Crippen LogP contribution in [0.4, 0.5) is 10.8 Å². The van der Waals surface area contributed by atoms with Crippen LogP contribution >= 0.6 is 11.3 Å². The fraction of sp³-hybridized carbons (Fsp3) is 0.370. The van der Waals surface area contributed by atoms with Crippen LogP contribution in [0, 0.1) is 5.92 Å². The first kappa shape index (κ1) is 21.8. The minimum Gasteiger partial charge on any atom is -0.312 e. The summed E-state index contributed by atoms with van der Waals surface area (Å²) in [5, 5.41) is 5.53. The number of rotatable bonds is 6. The lowest BCUT2D eigenvalue weighted by molar-refractivity contribution is -0.123. The number of aryl methyl sites for hydroxylation is 1. The number of nitrogens with zero attached hydrogens (tertiary/aromatic N) is 2. The monoisotopic (exact) mass is 459 g/mol. The zero-order chi connectivity index (χ0) is 22.6. The van der Waals surface area contributed by atoms with Gasteiger partial charge in [-0.15, -0.1) is 11.3 Å². The Hall–Kier alpha value is -2.99. The van der Waals surface area contributed by atoms with Crippen molar-refractivity contribution < 1.29 is 9.59 Å². The number of carbonyl (C=O) groups excluding carboxylic acids is 2. The number of aromatic nitrogens is 1. The minimum atomic E-state index is -0.0226. The van der Waals surface area contributed by atoms with Gasteiger partial charge in [-0.2, -0.15) is 0 Å². The van der Waals surface area contributed by atoms with Gasteiger partial charge in [0, 0.05) is 35.5 Å². The summed E-state index contributed by atoms with van der Waals surface area (Å²) < 4.78 is 0. The molecule has 1 fully saturated rings. The standard InChI is InChI=1S/C27H29N3O2S/c31-25(14-11-19-7-3-1-4-8-19)29-27-28-23(18-33-27)21-12-13-24-22(17-21)15-16-30(24)26(32)20-9-5-2-6-10-20/h1,3-4,7-8,12-13,17-18,20H,2,5-6,9-11,14-16H2,(H,28,29,31). The highest BCUT2D eigenvalue weighted by atomic mass is 32.1. The summed E-state index contributed by atoms with van der Waals surface area (Å²) in [4.78, 5) is 32.0. The van der Waals surface area contributed by atoms with Gasteiger partial charge in [-0.25, -0.2) is 4.98 Å². The van der Waals surface area contributed by atoms with Gasteiger partial charge in [-0.3, -0.25) is 9.59 Å². The Labute approximate surface area is 198 Å². The SMILES string of the molecule is O=C(CCc1ccccc1)Nc1nc(-c2ccc3c(c2)CCN3C(=O)C2CCCCC2)cs1. The molecule has 2 heterocycles. The van der Waals surface area contributed by atoms with Crippen molar-refractivity contribution in [3.8, 4) is 11.3 Å². The zero-order valence-electron chi connectivity index (χ0n) is 18.8. The summed E-state index contributed by atoms with van der Waals surface area (Å²) in [6.45, 7) is 0.772. The van der Waals surface area contributed by atoms with Gasteiger partial charge < -0.3 is 10.2 Å². The maximum Gasteiger partial charge on any atom is 0.230 e. The van der Waals surface area contributed by atoms with Crippen LogP contribution in [0.15, 0.2) is 53.9 Å². The third-order valence-electron chi connectivity index (χ3n) is 6.73. The molecule has 2 aliphatic rings. The number of benzene rings is 2. The van der Waals surface area contributed by atoms with E-state index in [9.17, 15) is 9.59 Å². The molecule has 1 N–H and O–H groups in total. The number of anilines is 2. The highest BCUT2D eigenvalue weighted by molar-refractivity contribution is 7.14. The molecule has 33 heavy (non-hydrogen) atoms. The van der Waals surface area contributed by atoms with E-state index in [1.807, 2.05) is 46.7 Å². The van der Waals surface area contributed by atoms with Crippen LogP contribution in [-0.2, 0) is 22.4 Å². The molecule has 0 saturated heterocycles. The van der Waals surface area contributed by atoms with E-state index in [0.29, 0.717) is 23.9 Å². The lowest BCUT2D eigenvalue weighted by atomic mass is 9.88. The first-order valence-electron chi connectivity index (χ1n) is 11.9. The number of carbonyl (C=O) groups is 2. The topological polar surface area (TPSA) is 62.3 Å². The molecule has 6 heteroatoms. The van der Waals surface area contributed by atoms with E-state index in [-0.39, 0.29) is 11.8 Å². The summed E-state index contributed by atoms with van der Waals surface area (Å²) in [5.41, 5.74) is 5.30. The summed E-state index contributed by atoms with van der Waals surface area (Å²) >= 11 is 1.44. The Morgan fingerprint density at radius 3 is 2.70 bits per heavy atom. The third kappa shape index (κ3) is 5.01. The van der Waals surface area contributed by atoms with E-state index < -0.39 is 0 Å². The van der Waals surface area contributed by atoms with E-state index in [1.54, 1.807) is 0 Å². The lowest BCUT2D eigenvalue weighted by Gasteiger charge is -2.26. The number of hydrogen-bond acceptors (Lipinski definition) is 4. The second-order valence-corrected chi connectivity index (χ2v) is 9.85. The second-order valence-electron chi connectivity index (χ2n) is 8.99. The molecule has 170 valence electrons. The molecule has 0 spiro atoms. The number of fused-ring (bicyclic) bond motifs is 1. The van der Waals surface area contributed by atoms with E-state index in [4.69, 9.17) is 0 Å². The van der Waals surface area contributed by atoms with Crippen LogP contribution < -0.4 is 10.2 Å². The number of nitrogens with one attached hydrogen (secondary N) is 1. The highest BCUT2D eigenvalue weighted by Crippen LogP contribution is 2.36. The number of hydrogen-bond donors (Lipinski definition) is 1. The van der Waals surface area contributed by atoms with E-state index in [1.165, 1.54) is 36.2 Å². The Kier molecular flexibility index (Phi) is 6.53. The molecule has 1 aliphatic carbocycles. The van der Waals surface area contributed by atoms with Crippen molar-refractivity contribution in [2.75, 3.05) is 16.8 Å². The van der Waals surface area contributed by atoms with Crippen molar-refractivity contribution in [2.45, 2.75) is 51.4 Å². The minimum absolute atomic E-state index is 0.0226. The Bertz CT molecular complexity index is 1140. The number of amides is 2. The molecule has 2 aromatic carbocycles. The van der Waals surface area contributed by atoms with Gasteiger partial charge in [0.1, 0.15) is 0 Å². The van der Waals surface area contributed by atoms with Crippen molar-refractivity contribution in [1.82, 2.24) is 4.98 Å². The molecule has 0 bridgehead atoms. The number of thiazole rings is 1. The molecular weight excluding hydrogens is 430 g/mol. The molecule has 1 saturated carbocycles. The fourth-order valence-corrected chi connectivity index (χ4v) is 5.64. The predicted molar refractivity (Wildman–Crippen MR) is 134 cm³/mol. The molecule has 0 radical (unpaired) electrons. The predicted octanol–water partition coefficient (Wildman–Crippen LogP) is 5.85. The van der Waals surface area contributed by atoms with Crippen molar-refractivity contribution in [3.05, 3.63) is 65.0 Å².